The molecule has 1 N–H and O–H groups in total. The molecule has 1 aliphatic rings. The lowest BCUT2D eigenvalue weighted by molar-refractivity contribution is -0.113. The Balaban J connectivity index is 1.38. The Bertz CT molecular complexity index is 996. The van der Waals surface area contributed by atoms with E-state index in [9.17, 15) is 4.79 Å². The number of carbonyl (C=O) groups excluding carboxylic acids is 1. The molecule has 1 aromatic carbocycles. The third-order valence-corrected chi connectivity index (χ3v) is 5.87. The normalized spacial score (nSPS) is 13.4. The number of hydrogen-bond donors (Lipinski definition) is 1. The van der Waals surface area contributed by atoms with E-state index >= 15 is 0 Å². The third kappa shape index (κ3) is 4.71. The zero-order valence-electron chi connectivity index (χ0n) is 16.7. The highest BCUT2D eigenvalue weighted by molar-refractivity contribution is 7.99. The van der Waals surface area contributed by atoms with Gasteiger partial charge in [-0.1, -0.05) is 17.8 Å². The molecule has 154 valence electrons. The molecule has 30 heavy (non-hydrogen) atoms. The lowest BCUT2D eigenvalue weighted by Gasteiger charge is -2.17. The van der Waals surface area contributed by atoms with Crippen LogP contribution in [-0.4, -0.2) is 44.5 Å². The molecular weight excluding hydrogens is 396 g/mol. The highest BCUT2D eigenvalue weighted by Gasteiger charge is 2.16. The van der Waals surface area contributed by atoms with E-state index in [-0.39, 0.29) is 11.7 Å². The summed E-state index contributed by atoms with van der Waals surface area (Å²) in [6.45, 7) is 6.58. The summed E-state index contributed by atoms with van der Waals surface area (Å²) in [4.78, 5) is 19.0. The van der Waals surface area contributed by atoms with Crippen LogP contribution >= 0.6 is 11.8 Å². The monoisotopic (exact) mass is 420 g/mol. The molecule has 0 radical (unpaired) electrons. The van der Waals surface area contributed by atoms with E-state index in [1.54, 1.807) is 18.5 Å². The van der Waals surface area contributed by atoms with Gasteiger partial charge in [0.1, 0.15) is 0 Å². The second kappa shape index (κ2) is 9.58. The first kappa shape index (κ1) is 20.2. The van der Waals surface area contributed by atoms with Crippen molar-refractivity contribution in [3.8, 4) is 11.4 Å². The molecule has 1 saturated heterocycles. The smallest absolute Gasteiger partial charge is 0.234 e. The Labute approximate surface area is 180 Å². The van der Waals surface area contributed by atoms with Crippen LogP contribution < -0.4 is 10.2 Å². The van der Waals surface area contributed by atoms with E-state index < -0.39 is 0 Å². The Kier molecular flexibility index (Phi) is 6.44. The van der Waals surface area contributed by atoms with Gasteiger partial charge >= 0.3 is 0 Å². The van der Waals surface area contributed by atoms with Crippen LogP contribution in [0.25, 0.3) is 11.4 Å². The molecule has 8 heteroatoms. The molecule has 4 rings (SSSR count). The van der Waals surface area contributed by atoms with Crippen molar-refractivity contribution in [1.82, 2.24) is 19.7 Å². The number of carbonyl (C=O) groups is 1. The number of amides is 1. The van der Waals surface area contributed by atoms with Crippen molar-refractivity contribution < 1.29 is 4.79 Å². The van der Waals surface area contributed by atoms with Crippen molar-refractivity contribution in [1.29, 1.82) is 0 Å². The molecule has 0 spiro atoms. The average Bonchev–Trinajstić information content (AvgIpc) is 3.44. The van der Waals surface area contributed by atoms with Crippen LogP contribution in [0.3, 0.4) is 0 Å². The summed E-state index contributed by atoms with van der Waals surface area (Å²) in [5, 5.41) is 12.2. The van der Waals surface area contributed by atoms with Crippen LogP contribution in [0.4, 0.5) is 11.4 Å². The fraction of sp³-hybridized carbons (Fsp3) is 0.273. The molecule has 0 saturated carbocycles. The van der Waals surface area contributed by atoms with Crippen molar-refractivity contribution >= 4 is 29.0 Å². The van der Waals surface area contributed by atoms with Gasteiger partial charge < -0.3 is 10.2 Å². The van der Waals surface area contributed by atoms with Gasteiger partial charge in [0.25, 0.3) is 0 Å². The fourth-order valence-corrected chi connectivity index (χ4v) is 4.20. The molecule has 3 heterocycles. The Hall–Kier alpha value is -3.13. The maximum Gasteiger partial charge on any atom is 0.234 e. The van der Waals surface area contributed by atoms with E-state index in [2.05, 4.69) is 44.1 Å². The Morgan fingerprint density at radius 1 is 1.17 bits per heavy atom. The number of anilines is 2. The first-order valence-electron chi connectivity index (χ1n) is 9.97. The molecule has 0 bridgehead atoms. The van der Waals surface area contributed by atoms with Crippen LogP contribution in [0.5, 0.6) is 0 Å². The first-order valence-corrected chi connectivity index (χ1v) is 11.0. The van der Waals surface area contributed by atoms with E-state index in [1.807, 2.05) is 28.8 Å². The topological polar surface area (TPSA) is 75.9 Å². The zero-order chi connectivity index (χ0) is 20.8. The lowest BCUT2D eigenvalue weighted by atomic mass is 10.2. The van der Waals surface area contributed by atoms with Gasteiger partial charge in [0.15, 0.2) is 11.0 Å². The van der Waals surface area contributed by atoms with E-state index in [4.69, 9.17) is 0 Å². The van der Waals surface area contributed by atoms with Crippen LogP contribution in [0, 0.1) is 0 Å². The summed E-state index contributed by atoms with van der Waals surface area (Å²) < 4.78 is 1.94. The number of hydrogen-bond acceptors (Lipinski definition) is 6. The third-order valence-electron chi connectivity index (χ3n) is 4.90. The summed E-state index contributed by atoms with van der Waals surface area (Å²) in [6.07, 6.45) is 7.74. The number of pyridine rings is 1. The number of thioether (sulfide) groups is 1. The average molecular weight is 421 g/mol. The Morgan fingerprint density at radius 2 is 1.97 bits per heavy atom. The van der Waals surface area contributed by atoms with Crippen LogP contribution in [0.15, 0.2) is 66.6 Å². The van der Waals surface area contributed by atoms with Crippen molar-refractivity contribution in [2.45, 2.75) is 24.5 Å². The predicted molar refractivity (Wildman–Crippen MR) is 121 cm³/mol. The summed E-state index contributed by atoms with van der Waals surface area (Å²) in [5.41, 5.74) is 2.88. The lowest BCUT2D eigenvalue weighted by Crippen LogP contribution is -2.18. The summed E-state index contributed by atoms with van der Waals surface area (Å²) in [7, 11) is 0. The summed E-state index contributed by atoms with van der Waals surface area (Å²) >= 11 is 1.35. The zero-order valence-corrected chi connectivity index (χ0v) is 17.5. The molecule has 2 aromatic heterocycles. The molecule has 0 atom stereocenters. The van der Waals surface area contributed by atoms with Crippen molar-refractivity contribution in [2.75, 3.05) is 29.1 Å². The number of benzene rings is 1. The van der Waals surface area contributed by atoms with Crippen molar-refractivity contribution in [2.24, 2.45) is 0 Å². The fourth-order valence-electron chi connectivity index (χ4n) is 3.46. The molecule has 0 aliphatic carbocycles. The van der Waals surface area contributed by atoms with Gasteiger partial charge in [-0.2, -0.15) is 0 Å². The van der Waals surface area contributed by atoms with E-state index in [0.717, 1.165) is 24.3 Å². The highest BCUT2D eigenvalue weighted by Crippen LogP contribution is 2.25. The van der Waals surface area contributed by atoms with Gasteiger partial charge in [-0.15, -0.1) is 16.8 Å². The van der Waals surface area contributed by atoms with Crippen molar-refractivity contribution in [3.05, 3.63) is 61.4 Å². The minimum absolute atomic E-state index is 0.0787. The largest absolute Gasteiger partial charge is 0.372 e. The van der Waals surface area contributed by atoms with Gasteiger partial charge in [0, 0.05) is 49.0 Å². The standard InChI is InChI=1S/C22H24N6OS/c1-2-12-28-21(17-6-5-11-23-15-17)25-26-22(28)30-16-20(29)24-18-7-9-19(10-8-18)27-13-3-4-14-27/h2,5-11,15H,1,3-4,12-14,16H2,(H,24,29). The number of nitrogens with one attached hydrogen (secondary N) is 1. The summed E-state index contributed by atoms with van der Waals surface area (Å²) in [5.74, 6) is 0.879. The molecule has 0 unspecified atom stereocenters. The maximum absolute atomic E-state index is 12.4. The maximum atomic E-state index is 12.4. The Morgan fingerprint density at radius 3 is 2.67 bits per heavy atom. The number of aromatic nitrogens is 4. The SMILES string of the molecule is C=CCn1c(SCC(=O)Nc2ccc(N3CCCC3)cc2)nnc1-c1cccnc1. The van der Waals surface area contributed by atoms with E-state index in [1.165, 1.54) is 30.3 Å². The summed E-state index contributed by atoms with van der Waals surface area (Å²) in [6, 6.07) is 11.8. The number of allylic oxidation sites excluding steroid dienone is 1. The van der Waals surface area contributed by atoms with Gasteiger partial charge in [-0.05, 0) is 49.2 Å². The van der Waals surface area contributed by atoms with Gasteiger partial charge in [-0.3, -0.25) is 14.3 Å². The highest BCUT2D eigenvalue weighted by atomic mass is 32.2. The van der Waals surface area contributed by atoms with Gasteiger partial charge in [0.05, 0.1) is 5.75 Å². The number of nitrogens with zero attached hydrogens (tertiary/aromatic N) is 5. The van der Waals surface area contributed by atoms with Gasteiger partial charge in [-0.25, -0.2) is 0 Å². The second-order valence-electron chi connectivity index (χ2n) is 7.03. The van der Waals surface area contributed by atoms with Crippen LogP contribution in [0.2, 0.25) is 0 Å². The molecule has 3 aromatic rings. The van der Waals surface area contributed by atoms with E-state index in [0.29, 0.717) is 17.5 Å². The molecule has 1 aliphatic heterocycles. The second-order valence-corrected chi connectivity index (χ2v) is 7.97. The quantitative estimate of drug-likeness (QED) is 0.441. The molecule has 1 fully saturated rings. The predicted octanol–water partition coefficient (Wildman–Crippen LogP) is 3.86. The minimum Gasteiger partial charge on any atom is -0.372 e. The molecule has 7 nitrogen and oxygen atoms in total. The molecule has 1 amide bonds. The minimum atomic E-state index is -0.0787. The first-order chi connectivity index (χ1) is 14.7. The number of rotatable bonds is 8. The van der Waals surface area contributed by atoms with Crippen LogP contribution in [0.1, 0.15) is 12.8 Å². The molecular formula is C22H24N6OS. The van der Waals surface area contributed by atoms with Gasteiger partial charge in [0.2, 0.25) is 5.91 Å². The van der Waals surface area contributed by atoms with Crippen LogP contribution in [-0.2, 0) is 11.3 Å². The van der Waals surface area contributed by atoms with Crippen molar-refractivity contribution in [3.63, 3.8) is 0 Å².